The van der Waals surface area contributed by atoms with E-state index in [9.17, 15) is 0 Å². The van der Waals surface area contributed by atoms with E-state index in [4.69, 9.17) is 10.5 Å². The van der Waals surface area contributed by atoms with E-state index in [1.807, 2.05) is 0 Å². The molecule has 106 valence electrons. The standard InChI is InChI=1S/C15H30N2O/c1-17(10-2-4-15-5-3-11-18-15)12-13-6-8-14(16)9-7-13/h13-15H,2-12,16H2,1H3. The quantitative estimate of drug-likeness (QED) is 0.791. The second-order valence-electron chi connectivity index (χ2n) is 6.32. The number of hydrogen-bond acceptors (Lipinski definition) is 3. The summed E-state index contributed by atoms with van der Waals surface area (Å²) in [7, 11) is 2.27. The Morgan fingerprint density at radius 3 is 2.61 bits per heavy atom. The molecular formula is C15H30N2O. The number of nitrogens with zero attached hydrogens (tertiary/aromatic N) is 1. The Hall–Kier alpha value is -0.120. The van der Waals surface area contributed by atoms with Gasteiger partial charge in [-0.1, -0.05) is 0 Å². The molecule has 1 saturated heterocycles. The van der Waals surface area contributed by atoms with E-state index in [1.54, 1.807) is 0 Å². The number of rotatable bonds is 6. The largest absolute Gasteiger partial charge is 0.378 e. The average Bonchev–Trinajstić information content (AvgIpc) is 2.85. The third-order valence-corrected chi connectivity index (χ3v) is 4.55. The fraction of sp³-hybridized carbons (Fsp3) is 1.00. The highest BCUT2D eigenvalue weighted by Crippen LogP contribution is 2.24. The molecular weight excluding hydrogens is 224 g/mol. The monoisotopic (exact) mass is 254 g/mol. The van der Waals surface area contributed by atoms with Crippen LogP contribution in [-0.2, 0) is 4.74 Å². The summed E-state index contributed by atoms with van der Waals surface area (Å²) in [4.78, 5) is 2.51. The zero-order chi connectivity index (χ0) is 12.8. The molecule has 1 aliphatic carbocycles. The second-order valence-corrected chi connectivity index (χ2v) is 6.32. The Labute approximate surface area is 112 Å². The fourth-order valence-electron chi connectivity index (χ4n) is 3.36. The van der Waals surface area contributed by atoms with Crippen LogP contribution in [0, 0.1) is 5.92 Å². The summed E-state index contributed by atoms with van der Waals surface area (Å²) in [6.45, 7) is 3.48. The predicted molar refractivity (Wildman–Crippen MR) is 75.6 cm³/mol. The van der Waals surface area contributed by atoms with Gasteiger partial charge < -0.3 is 15.4 Å². The van der Waals surface area contributed by atoms with Gasteiger partial charge in [-0.15, -0.1) is 0 Å². The zero-order valence-electron chi connectivity index (χ0n) is 11.9. The van der Waals surface area contributed by atoms with Gasteiger partial charge in [0.2, 0.25) is 0 Å². The van der Waals surface area contributed by atoms with Crippen LogP contribution in [-0.4, -0.2) is 43.8 Å². The molecule has 3 nitrogen and oxygen atoms in total. The normalized spacial score (nSPS) is 33.2. The maximum atomic E-state index is 5.95. The summed E-state index contributed by atoms with van der Waals surface area (Å²) >= 11 is 0. The van der Waals surface area contributed by atoms with Crippen molar-refractivity contribution in [3.63, 3.8) is 0 Å². The van der Waals surface area contributed by atoms with Crippen molar-refractivity contribution in [3.8, 4) is 0 Å². The van der Waals surface area contributed by atoms with E-state index >= 15 is 0 Å². The summed E-state index contributed by atoms with van der Waals surface area (Å²) in [6.07, 6.45) is 10.8. The highest BCUT2D eigenvalue weighted by molar-refractivity contribution is 4.76. The van der Waals surface area contributed by atoms with Gasteiger partial charge in [-0.05, 0) is 70.9 Å². The molecule has 1 heterocycles. The van der Waals surface area contributed by atoms with Gasteiger partial charge in [-0.25, -0.2) is 0 Å². The summed E-state index contributed by atoms with van der Waals surface area (Å²) in [5, 5.41) is 0. The van der Waals surface area contributed by atoms with Crippen molar-refractivity contribution < 1.29 is 4.74 Å². The van der Waals surface area contributed by atoms with Crippen molar-refractivity contribution in [2.45, 2.75) is 63.5 Å². The lowest BCUT2D eigenvalue weighted by molar-refractivity contribution is 0.0987. The van der Waals surface area contributed by atoms with Crippen LogP contribution in [0.2, 0.25) is 0 Å². The molecule has 1 aliphatic heterocycles. The molecule has 2 fully saturated rings. The molecule has 2 N–H and O–H groups in total. The smallest absolute Gasteiger partial charge is 0.0576 e. The highest BCUT2D eigenvalue weighted by atomic mass is 16.5. The fourth-order valence-corrected chi connectivity index (χ4v) is 3.36. The molecule has 0 aromatic rings. The third-order valence-electron chi connectivity index (χ3n) is 4.55. The Morgan fingerprint density at radius 2 is 1.94 bits per heavy atom. The van der Waals surface area contributed by atoms with Crippen molar-refractivity contribution in [2.24, 2.45) is 11.7 Å². The Kier molecular flexibility index (Phi) is 5.93. The van der Waals surface area contributed by atoms with E-state index in [0.717, 1.165) is 12.5 Å². The van der Waals surface area contributed by atoms with Crippen molar-refractivity contribution in [1.29, 1.82) is 0 Å². The molecule has 2 rings (SSSR count). The lowest BCUT2D eigenvalue weighted by Gasteiger charge is -2.29. The van der Waals surface area contributed by atoms with E-state index in [-0.39, 0.29) is 0 Å². The molecule has 1 unspecified atom stereocenters. The number of nitrogens with two attached hydrogens (primary N) is 1. The highest BCUT2D eigenvalue weighted by Gasteiger charge is 2.20. The molecule has 0 aromatic carbocycles. The summed E-state index contributed by atoms with van der Waals surface area (Å²) in [5.41, 5.74) is 5.95. The van der Waals surface area contributed by atoms with Crippen LogP contribution in [0.25, 0.3) is 0 Å². The topological polar surface area (TPSA) is 38.5 Å². The zero-order valence-corrected chi connectivity index (χ0v) is 11.9. The molecule has 1 atom stereocenters. The number of hydrogen-bond donors (Lipinski definition) is 1. The summed E-state index contributed by atoms with van der Waals surface area (Å²) in [5.74, 6) is 0.887. The SMILES string of the molecule is CN(CCCC1CCCO1)CC1CCC(N)CC1. The third kappa shape index (κ3) is 4.87. The lowest BCUT2D eigenvalue weighted by Crippen LogP contribution is -2.33. The van der Waals surface area contributed by atoms with E-state index in [0.29, 0.717) is 12.1 Å². The minimum Gasteiger partial charge on any atom is -0.378 e. The molecule has 2 aliphatic rings. The van der Waals surface area contributed by atoms with Gasteiger partial charge in [-0.2, -0.15) is 0 Å². The summed E-state index contributed by atoms with van der Waals surface area (Å²) < 4.78 is 5.66. The first kappa shape index (κ1) is 14.3. The van der Waals surface area contributed by atoms with Crippen molar-refractivity contribution in [2.75, 3.05) is 26.7 Å². The van der Waals surface area contributed by atoms with E-state index in [2.05, 4.69) is 11.9 Å². The lowest BCUT2D eigenvalue weighted by atomic mass is 9.86. The van der Waals surface area contributed by atoms with Crippen LogP contribution in [0.3, 0.4) is 0 Å². The maximum absolute atomic E-state index is 5.95. The maximum Gasteiger partial charge on any atom is 0.0576 e. The van der Waals surface area contributed by atoms with Gasteiger partial charge in [0.05, 0.1) is 6.10 Å². The molecule has 1 saturated carbocycles. The minimum absolute atomic E-state index is 0.478. The molecule has 0 bridgehead atoms. The first-order valence-electron chi connectivity index (χ1n) is 7.80. The van der Waals surface area contributed by atoms with Gasteiger partial charge in [-0.3, -0.25) is 0 Å². The van der Waals surface area contributed by atoms with Crippen LogP contribution in [0.4, 0.5) is 0 Å². The molecule has 0 radical (unpaired) electrons. The van der Waals surface area contributed by atoms with Crippen molar-refractivity contribution in [1.82, 2.24) is 4.90 Å². The molecule has 0 aromatic heterocycles. The Bertz CT molecular complexity index is 221. The van der Waals surface area contributed by atoms with Crippen LogP contribution >= 0.6 is 0 Å². The van der Waals surface area contributed by atoms with Gasteiger partial charge in [0.25, 0.3) is 0 Å². The molecule has 0 amide bonds. The van der Waals surface area contributed by atoms with Crippen LogP contribution < -0.4 is 5.73 Å². The van der Waals surface area contributed by atoms with E-state index in [1.165, 1.54) is 64.5 Å². The van der Waals surface area contributed by atoms with Gasteiger partial charge >= 0.3 is 0 Å². The Balaban J connectivity index is 1.52. The summed E-state index contributed by atoms with van der Waals surface area (Å²) in [6, 6.07) is 0.478. The van der Waals surface area contributed by atoms with Crippen LogP contribution in [0.15, 0.2) is 0 Å². The van der Waals surface area contributed by atoms with Crippen molar-refractivity contribution >= 4 is 0 Å². The predicted octanol–water partition coefficient (Wildman–Crippen LogP) is 2.39. The molecule has 3 heteroatoms. The first-order chi connectivity index (χ1) is 8.74. The first-order valence-corrected chi connectivity index (χ1v) is 7.80. The van der Waals surface area contributed by atoms with Crippen LogP contribution in [0.5, 0.6) is 0 Å². The van der Waals surface area contributed by atoms with Crippen molar-refractivity contribution in [3.05, 3.63) is 0 Å². The molecule has 0 spiro atoms. The van der Waals surface area contributed by atoms with Gasteiger partial charge in [0.1, 0.15) is 0 Å². The second kappa shape index (κ2) is 7.46. The van der Waals surface area contributed by atoms with E-state index < -0.39 is 0 Å². The average molecular weight is 254 g/mol. The van der Waals surface area contributed by atoms with Crippen LogP contribution in [0.1, 0.15) is 51.4 Å². The molecule has 18 heavy (non-hydrogen) atoms. The minimum atomic E-state index is 0.478. The Morgan fingerprint density at radius 1 is 1.17 bits per heavy atom. The number of ether oxygens (including phenoxy) is 1. The van der Waals surface area contributed by atoms with Gasteiger partial charge in [0, 0.05) is 19.2 Å². The van der Waals surface area contributed by atoms with Gasteiger partial charge in [0.15, 0.2) is 0 Å².